The lowest BCUT2D eigenvalue weighted by Crippen LogP contribution is -2.38. The van der Waals surface area contributed by atoms with Gasteiger partial charge in [-0.25, -0.2) is 4.98 Å². The number of aliphatic imine (C=N–C) groups is 1. The first kappa shape index (κ1) is 18.0. The van der Waals surface area contributed by atoms with Crippen molar-refractivity contribution in [3.05, 3.63) is 16.1 Å². The molecule has 0 aliphatic heterocycles. The summed E-state index contributed by atoms with van der Waals surface area (Å²) in [5, 5.41) is 6.59. The summed E-state index contributed by atoms with van der Waals surface area (Å²) in [6.45, 7) is 13.5. The highest BCUT2D eigenvalue weighted by atomic mass is 32.1. The Hall–Kier alpha value is -1.10. The number of aromatic nitrogens is 1. The molecule has 0 aliphatic carbocycles. The van der Waals surface area contributed by atoms with Crippen LogP contribution in [0.5, 0.6) is 0 Å². The second-order valence-electron chi connectivity index (χ2n) is 6.61. The van der Waals surface area contributed by atoms with Crippen molar-refractivity contribution in [3.8, 4) is 0 Å². The summed E-state index contributed by atoms with van der Waals surface area (Å²) in [6.07, 6.45) is 2.33. The maximum absolute atomic E-state index is 4.73. The van der Waals surface area contributed by atoms with Gasteiger partial charge in [0, 0.05) is 25.5 Å². The fourth-order valence-electron chi connectivity index (χ4n) is 2.06. The second-order valence-corrected chi connectivity index (χ2v) is 7.68. The molecule has 0 aliphatic rings. The maximum atomic E-state index is 4.73. The fourth-order valence-corrected chi connectivity index (χ4v) is 2.67. The molecule has 0 aromatic carbocycles. The van der Waals surface area contributed by atoms with Gasteiger partial charge in [-0.3, -0.25) is 4.99 Å². The van der Waals surface area contributed by atoms with Crippen molar-refractivity contribution in [2.24, 2.45) is 10.4 Å². The van der Waals surface area contributed by atoms with Crippen LogP contribution in [0.3, 0.4) is 0 Å². The Morgan fingerprint density at radius 2 is 2.14 bits per heavy atom. The van der Waals surface area contributed by atoms with Gasteiger partial charge in [0.25, 0.3) is 0 Å². The van der Waals surface area contributed by atoms with Gasteiger partial charge >= 0.3 is 0 Å². The van der Waals surface area contributed by atoms with E-state index in [1.54, 1.807) is 11.3 Å². The topological polar surface area (TPSA) is 40.5 Å². The third-order valence-corrected chi connectivity index (χ3v) is 3.93. The zero-order valence-electron chi connectivity index (χ0n) is 14.4. The van der Waals surface area contributed by atoms with E-state index in [4.69, 9.17) is 4.99 Å². The Morgan fingerprint density at radius 1 is 1.43 bits per heavy atom. The van der Waals surface area contributed by atoms with Crippen molar-refractivity contribution in [1.29, 1.82) is 0 Å². The minimum Gasteiger partial charge on any atom is -0.357 e. The van der Waals surface area contributed by atoms with E-state index in [0.717, 1.165) is 42.7 Å². The molecule has 1 N–H and O–H groups in total. The molecule has 5 heteroatoms. The third kappa shape index (κ3) is 7.46. The van der Waals surface area contributed by atoms with Crippen LogP contribution in [0.4, 0.5) is 0 Å². The van der Waals surface area contributed by atoms with Crippen LogP contribution in [0, 0.1) is 12.3 Å². The van der Waals surface area contributed by atoms with E-state index in [-0.39, 0.29) is 0 Å². The molecule has 0 unspecified atom stereocenters. The highest BCUT2D eigenvalue weighted by molar-refractivity contribution is 7.09. The molecular weight excluding hydrogens is 280 g/mol. The van der Waals surface area contributed by atoms with Gasteiger partial charge < -0.3 is 10.2 Å². The van der Waals surface area contributed by atoms with E-state index in [0.29, 0.717) is 5.41 Å². The van der Waals surface area contributed by atoms with Crippen LogP contribution in [-0.2, 0) is 6.54 Å². The molecule has 1 rings (SSSR count). The van der Waals surface area contributed by atoms with E-state index in [9.17, 15) is 0 Å². The first-order valence-electron chi connectivity index (χ1n) is 7.72. The van der Waals surface area contributed by atoms with Crippen LogP contribution in [0.2, 0.25) is 0 Å². The summed E-state index contributed by atoms with van der Waals surface area (Å²) in [7, 11) is 2.07. The second kappa shape index (κ2) is 8.37. The average Bonchev–Trinajstić information content (AvgIpc) is 2.77. The maximum Gasteiger partial charge on any atom is 0.194 e. The number of aryl methyl sites for hydroxylation is 1. The lowest BCUT2D eigenvalue weighted by Gasteiger charge is -2.21. The van der Waals surface area contributed by atoms with E-state index in [2.05, 4.69) is 55.3 Å². The lowest BCUT2D eigenvalue weighted by atomic mass is 9.91. The molecule has 0 amide bonds. The van der Waals surface area contributed by atoms with Gasteiger partial charge in [0.1, 0.15) is 0 Å². The Balaban J connectivity index is 2.54. The minimum absolute atomic E-state index is 0.387. The molecule has 1 aromatic rings. The van der Waals surface area contributed by atoms with Gasteiger partial charge in [-0.1, -0.05) is 20.8 Å². The summed E-state index contributed by atoms with van der Waals surface area (Å²) in [5.74, 6) is 0.970. The van der Waals surface area contributed by atoms with Crippen LogP contribution in [0.15, 0.2) is 10.4 Å². The molecule has 120 valence electrons. The summed E-state index contributed by atoms with van der Waals surface area (Å²) >= 11 is 1.70. The molecule has 0 spiro atoms. The van der Waals surface area contributed by atoms with Crippen LogP contribution in [0.25, 0.3) is 0 Å². The van der Waals surface area contributed by atoms with Crippen LogP contribution in [-0.4, -0.2) is 36.0 Å². The van der Waals surface area contributed by atoms with Gasteiger partial charge in [-0.15, -0.1) is 11.3 Å². The lowest BCUT2D eigenvalue weighted by molar-refractivity contribution is 0.367. The Kier molecular flexibility index (Phi) is 7.15. The largest absolute Gasteiger partial charge is 0.357 e. The zero-order chi connectivity index (χ0) is 15.9. The predicted octanol–water partition coefficient (Wildman–Crippen LogP) is 3.68. The average molecular weight is 311 g/mol. The molecule has 0 bridgehead atoms. The summed E-state index contributed by atoms with van der Waals surface area (Å²) in [6, 6.07) is 0. The van der Waals surface area contributed by atoms with Gasteiger partial charge in [0.2, 0.25) is 0 Å². The number of thiazole rings is 1. The molecule has 1 aromatic heterocycles. The van der Waals surface area contributed by atoms with Crippen LogP contribution >= 0.6 is 11.3 Å². The van der Waals surface area contributed by atoms with Crippen molar-refractivity contribution in [2.75, 3.05) is 20.1 Å². The van der Waals surface area contributed by atoms with E-state index >= 15 is 0 Å². The van der Waals surface area contributed by atoms with Crippen molar-refractivity contribution < 1.29 is 0 Å². The van der Waals surface area contributed by atoms with Gasteiger partial charge in [-0.05, 0) is 32.1 Å². The third-order valence-electron chi connectivity index (χ3n) is 3.11. The Bertz CT molecular complexity index is 445. The van der Waals surface area contributed by atoms with Crippen molar-refractivity contribution in [3.63, 3.8) is 0 Å². The molecule has 4 nitrogen and oxygen atoms in total. The number of nitrogens with one attached hydrogen (secondary N) is 1. The van der Waals surface area contributed by atoms with Gasteiger partial charge in [-0.2, -0.15) is 0 Å². The van der Waals surface area contributed by atoms with E-state index in [1.807, 2.05) is 6.92 Å². The quantitative estimate of drug-likeness (QED) is 0.495. The van der Waals surface area contributed by atoms with E-state index in [1.165, 1.54) is 6.42 Å². The van der Waals surface area contributed by atoms with E-state index < -0.39 is 0 Å². The normalized spacial score (nSPS) is 12.6. The Labute approximate surface area is 133 Å². The predicted molar refractivity (Wildman–Crippen MR) is 93.0 cm³/mol. The molecule has 0 saturated carbocycles. The first-order valence-corrected chi connectivity index (χ1v) is 8.60. The zero-order valence-corrected chi connectivity index (χ0v) is 15.2. The highest BCUT2D eigenvalue weighted by Gasteiger charge is 2.10. The van der Waals surface area contributed by atoms with Crippen molar-refractivity contribution >= 4 is 17.3 Å². The van der Waals surface area contributed by atoms with Gasteiger partial charge in [0.15, 0.2) is 5.96 Å². The number of guanidine groups is 1. The minimum atomic E-state index is 0.387. The summed E-state index contributed by atoms with van der Waals surface area (Å²) in [4.78, 5) is 11.4. The number of hydrogen-bond donors (Lipinski definition) is 1. The molecule has 0 fully saturated rings. The van der Waals surface area contributed by atoms with Crippen molar-refractivity contribution in [1.82, 2.24) is 15.2 Å². The molecule has 0 atom stereocenters. The molecule has 0 saturated heterocycles. The number of hydrogen-bond acceptors (Lipinski definition) is 3. The molecular formula is C16H30N4S. The Morgan fingerprint density at radius 3 is 2.67 bits per heavy atom. The van der Waals surface area contributed by atoms with Gasteiger partial charge in [0.05, 0.1) is 17.2 Å². The number of rotatable bonds is 6. The van der Waals surface area contributed by atoms with Crippen molar-refractivity contribution in [2.45, 2.75) is 54.0 Å². The van der Waals surface area contributed by atoms with Crippen LogP contribution < -0.4 is 5.32 Å². The summed E-state index contributed by atoms with van der Waals surface area (Å²) < 4.78 is 0. The number of nitrogens with zero attached hydrogens (tertiary/aromatic N) is 3. The first-order chi connectivity index (χ1) is 9.81. The standard InChI is InChI=1S/C16H30N4S/c1-7-17-15(18-10-8-9-16(3,4)5)20(6)11-14-12-21-13(2)19-14/h12H,7-11H2,1-6H3,(H,17,18). The molecule has 21 heavy (non-hydrogen) atoms. The summed E-state index contributed by atoms with van der Waals surface area (Å²) in [5.41, 5.74) is 1.50. The monoisotopic (exact) mass is 310 g/mol. The van der Waals surface area contributed by atoms with Crippen LogP contribution in [0.1, 0.15) is 51.2 Å². The smallest absolute Gasteiger partial charge is 0.194 e. The fraction of sp³-hybridized carbons (Fsp3) is 0.750. The molecule has 1 heterocycles. The SMILES string of the molecule is CCNC(=NCCCC(C)(C)C)N(C)Cc1csc(C)n1. The molecule has 0 radical (unpaired) electrons. The highest BCUT2D eigenvalue weighted by Crippen LogP contribution is 2.20.